The van der Waals surface area contributed by atoms with Gasteiger partial charge in [-0.2, -0.15) is 5.10 Å². The summed E-state index contributed by atoms with van der Waals surface area (Å²) in [6, 6.07) is 17.2. The number of nitro groups is 1. The van der Waals surface area contributed by atoms with Crippen molar-refractivity contribution in [1.29, 1.82) is 0 Å². The van der Waals surface area contributed by atoms with E-state index >= 15 is 0 Å². The quantitative estimate of drug-likeness (QED) is 0.151. The Hall–Kier alpha value is -3.41. The van der Waals surface area contributed by atoms with Gasteiger partial charge in [-0.1, -0.05) is 35.9 Å². The molecule has 0 aromatic heterocycles. The molecule has 9 nitrogen and oxygen atoms in total. The molecule has 1 aliphatic heterocycles. The summed E-state index contributed by atoms with van der Waals surface area (Å²) in [6.45, 7) is 2.06. The lowest BCUT2D eigenvalue weighted by Gasteiger charge is -2.14. The van der Waals surface area contributed by atoms with Gasteiger partial charge in [0.2, 0.25) is 0 Å². The van der Waals surface area contributed by atoms with E-state index in [4.69, 9.17) is 25.8 Å². The van der Waals surface area contributed by atoms with Crippen LogP contribution in [0.2, 0.25) is 5.02 Å². The first-order chi connectivity index (χ1) is 18.9. The van der Waals surface area contributed by atoms with E-state index in [0.717, 1.165) is 11.5 Å². The lowest BCUT2D eigenvalue weighted by molar-refractivity contribution is -0.384. The Balaban J connectivity index is 1.31. The molecule has 4 rings (SSSR count). The molecular weight excluding hydrogens is 562 g/mol. The fourth-order valence-electron chi connectivity index (χ4n) is 3.61. The van der Waals surface area contributed by atoms with Crippen molar-refractivity contribution in [3.63, 3.8) is 0 Å². The van der Waals surface area contributed by atoms with Crippen molar-refractivity contribution in [3.05, 3.63) is 92.5 Å². The van der Waals surface area contributed by atoms with Gasteiger partial charge in [-0.25, -0.2) is 5.43 Å². The maximum absolute atomic E-state index is 12.2. The largest absolute Gasteiger partial charge is 0.490 e. The SMILES string of the molecule is CCOc1cc(/C=N\NC(=O)COc2ccc(C3SCCS3)cc2)cc(Cl)c1OCc1cccc([N+](=O)[O-])c1. The zero-order chi connectivity index (χ0) is 27.6. The second-order valence-electron chi connectivity index (χ2n) is 8.20. The highest BCUT2D eigenvalue weighted by molar-refractivity contribution is 8.19. The molecule has 39 heavy (non-hydrogen) atoms. The molecule has 3 aromatic rings. The monoisotopic (exact) mass is 587 g/mol. The predicted molar refractivity (Wildman–Crippen MR) is 155 cm³/mol. The minimum absolute atomic E-state index is 0.0261. The Morgan fingerprint density at radius 1 is 1.13 bits per heavy atom. The molecule has 0 aliphatic carbocycles. The molecule has 0 radical (unpaired) electrons. The van der Waals surface area contributed by atoms with Crippen molar-refractivity contribution in [1.82, 2.24) is 5.43 Å². The van der Waals surface area contributed by atoms with Crippen molar-refractivity contribution >= 4 is 52.9 Å². The van der Waals surface area contributed by atoms with E-state index in [1.54, 1.807) is 24.3 Å². The second-order valence-corrected chi connectivity index (χ2v) is 11.3. The number of hydrogen-bond donors (Lipinski definition) is 1. The Morgan fingerprint density at radius 2 is 1.90 bits per heavy atom. The number of carbonyl (C=O) groups is 1. The van der Waals surface area contributed by atoms with E-state index in [1.165, 1.54) is 23.9 Å². The Bertz CT molecular complexity index is 1330. The number of thioether (sulfide) groups is 2. The first-order valence-electron chi connectivity index (χ1n) is 12.0. The number of hydrazone groups is 1. The molecule has 0 unspecified atom stereocenters. The fourth-order valence-corrected chi connectivity index (χ4v) is 6.75. The third-order valence-electron chi connectivity index (χ3n) is 5.38. The van der Waals surface area contributed by atoms with Crippen LogP contribution in [0.25, 0.3) is 0 Å². The van der Waals surface area contributed by atoms with Crippen molar-refractivity contribution in [3.8, 4) is 17.2 Å². The Kier molecular flexibility index (Phi) is 10.3. The molecule has 204 valence electrons. The van der Waals surface area contributed by atoms with Crippen LogP contribution in [0.15, 0.2) is 65.8 Å². The van der Waals surface area contributed by atoms with Crippen LogP contribution >= 0.6 is 35.1 Å². The highest BCUT2D eigenvalue weighted by Crippen LogP contribution is 2.45. The third kappa shape index (κ3) is 8.29. The summed E-state index contributed by atoms with van der Waals surface area (Å²) in [4.78, 5) is 22.7. The molecule has 12 heteroatoms. The molecular formula is C27H26ClN3O6S2. The summed E-state index contributed by atoms with van der Waals surface area (Å²) in [6.07, 6.45) is 1.43. The number of nitrogens with one attached hydrogen (secondary N) is 1. The van der Waals surface area contributed by atoms with Crippen LogP contribution in [0.3, 0.4) is 0 Å². The number of amides is 1. The van der Waals surface area contributed by atoms with Gasteiger partial charge in [0.25, 0.3) is 11.6 Å². The average molecular weight is 588 g/mol. The number of hydrogen-bond acceptors (Lipinski definition) is 9. The van der Waals surface area contributed by atoms with Gasteiger partial charge in [-0.05, 0) is 47.9 Å². The van der Waals surface area contributed by atoms with Crippen LogP contribution in [0, 0.1) is 10.1 Å². The van der Waals surface area contributed by atoms with Gasteiger partial charge >= 0.3 is 0 Å². The standard InChI is InChI=1S/C27H26ClN3O6S2/c1-2-35-24-14-19(13-23(28)26(24)37-16-18-4-3-5-21(12-18)31(33)34)15-29-30-25(32)17-36-22-8-6-20(7-9-22)27-38-10-11-39-27/h3-9,12-15,27H,2,10-11,16-17H2,1H3,(H,30,32)/b29-15-. The summed E-state index contributed by atoms with van der Waals surface area (Å²) in [5, 5.41) is 15.3. The van der Waals surface area contributed by atoms with Crippen molar-refractivity contribution in [2.75, 3.05) is 24.7 Å². The lowest BCUT2D eigenvalue weighted by Crippen LogP contribution is -2.24. The molecule has 0 atom stereocenters. The van der Waals surface area contributed by atoms with E-state index in [1.807, 2.05) is 54.7 Å². The average Bonchev–Trinajstić information content (AvgIpc) is 3.47. The molecule has 1 fully saturated rings. The molecule has 1 aliphatic rings. The van der Waals surface area contributed by atoms with E-state index in [-0.39, 0.29) is 23.9 Å². The van der Waals surface area contributed by atoms with E-state index in [0.29, 0.717) is 39.6 Å². The van der Waals surface area contributed by atoms with Gasteiger partial charge in [0.15, 0.2) is 18.1 Å². The number of rotatable bonds is 12. The molecule has 0 bridgehead atoms. The fraction of sp³-hybridized carbons (Fsp3) is 0.259. The van der Waals surface area contributed by atoms with Crippen LogP contribution in [0.1, 0.15) is 28.2 Å². The Labute approximate surface area is 239 Å². The van der Waals surface area contributed by atoms with Crippen LogP contribution < -0.4 is 19.6 Å². The maximum Gasteiger partial charge on any atom is 0.277 e. The number of benzene rings is 3. The molecule has 0 saturated carbocycles. The van der Waals surface area contributed by atoms with Crippen molar-refractivity contribution in [2.24, 2.45) is 5.10 Å². The topological polar surface area (TPSA) is 112 Å². The van der Waals surface area contributed by atoms with E-state index < -0.39 is 10.8 Å². The zero-order valence-electron chi connectivity index (χ0n) is 21.0. The van der Waals surface area contributed by atoms with Crippen LogP contribution in [0.4, 0.5) is 5.69 Å². The van der Waals surface area contributed by atoms with Gasteiger partial charge in [0, 0.05) is 23.6 Å². The number of halogens is 1. The lowest BCUT2D eigenvalue weighted by atomic mass is 10.2. The highest BCUT2D eigenvalue weighted by Gasteiger charge is 2.18. The number of non-ortho nitro benzene ring substituents is 1. The second kappa shape index (κ2) is 14.1. The van der Waals surface area contributed by atoms with Crippen LogP contribution in [0.5, 0.6) is 17.2 Å². The smallest absolute Gasteiger partial charge is 0.277 e. The molecule has 0 spiro atoms. The normalized spacial score (nSPS) is 13.4. The summed E-state index contributed by atoms with van der Waals surface area (Å²) < 4.78 is 17.5. The van der Waals surface area contributed by atoms with Gasteiger partial charge in [-0.3, -0.25) is 14.9 Å². The number of nitro benzene ring substituents is 1. The van der Waals surface area contributed by atoms with Crippen LogP contribution in [-0.4, -0.2) is 41.8 Å². The maximum atomic E-state index is 12.2. The first kappa shape index (κ1) is 28.6. The van der Waals surface area contributed by atoms with Gasteiger partial charge < -0.3 is 14.2 Å². The van der Waals surface area contributed by atoms with Gasteiger partial charge in [0.1, 0.15) is 12.4 Å². The molecule has 1 saturated heterocycles. The summed E-state index contributed by atoms with van der Waals surface area (Å²) in [5.74, 6) is 3.20. The molecule has 3 aromatic carbocycles. The minimum Gasteiger partial charge on any atom is -0.490 e. The van der Waals surface area contributed by atoms with Crippen molar-refractivity contribution < 1.29 is 23.9 Å². The summed E-state index contributed by atoms with van der Waals surface area (Å²) in [7, 11) is 0. The van der Waals surface area contributed by atoms with E-state index in [2.05, 4.69) is 10.5 Å². The third-order valence-corrected chi connectivity index (χ3v) is 8.77. The Morgan fingerprint density at radius 3 is 2.62 bits per heavy atom. The van der Waals surface area contributed by atoms with E-state index in [9.17, 15) is 14.9 Å². The minimum atomic E-state index is -0.465. The highest BCUT2D eigenvalue weighted by atomic mass is 35.5. The predicted octanol–water partition coefficient (Wildman–Crippen LogP) is 6.23. The number of ether oxygens (including phenoxy) is 3. The van der Waals surface area contributed by atoms with Crippen LogP contribution in [-0.2, 0) is 11.4 Å². The number of carbonyl (C=O) groups excluding carboxylic acids is 1. The molecule has 1 amide bonds. The van der Waals surface area contributed by atoms with Gasteiger partial charge in [0.05, 0.1) is 27.3 Å². The first-order valence-corrected chi connectivity index (χ1v) is 14.5. The zero-order valence-corrected chi connectivity index (χ0v) is 23.4. The summed E-state index contributed by atoms with van der Waals surface area (Å²) >= 11 is 10.3. The summed E-state index contributed by atoms with van der Waals surface area (Å²) in [5.41, 5.74) is 4.84. The van der Waals surface area contributed by atoms with Gasteiger partial charge in [-0.15, -0.1) is 23.5 Å². The molecule has 1 N–H and O–H groups in total. The molecule has 1 heterocycles. The number of nitrogens with zero attached hydrogens (tertiary/aromatic N) is 2. The van der Waals surface area contributed by atoms with Crippen molar-refractivity contribution in [2.45, 2.75) is 18.1 Å².